The van der Waals surface area contributed by atoms with Crippen molar-refractivity contribution in [3.8, 4) is 0 Å². The monoisotopic (exact) mass is 262 g/mol. The molecule has 0 unspecified atom stereocenters. The Morgan fingerprint density at radius 1 is 1.39 bits per heavy atom. The highest BCUT2D eigenvalue weighted by molar-refractivity contribution is 7.98. The van der Waals surface area contributed by atoms with E-state index in [1.54, 1.807) is 11.8 Å². The first kappa shape index (κ1) is 11.7. The van der Waals surface area contributed by atoms with Crippen LogP contribution in [-0.2, 0) is 12.4 Å². The summed E-state index contributed by atoms with van der Waals surface area (Å²) in [7, 11) is 0. The van der Waals surface area contributed by atoms with Crippen molar-refractivity contribution in [2.45, 2.75) is 36.0 Å². The highest BCUT2D eigenvalue weighted by Gasteiger charge is 2.29. The minimum absolute atomic E-state index is 0.0719. The lowest BCUT2D eigenvalue weighted by Gasteiger charge is -2.00. The first-order valence-corrected chi connectivity index (χ1v) is 6.99. The van der Waals surface area contributed by atoms with Gasteiger partial charge in [0.2, 0.25) is 5.89 Å². The third kappa shape index (κ3) is 2.73. The van der Waals surface area contributed by atoms with Crippen LogP contribution in [0.1, 0.15) is 36.0 Å². The number of aromatic nitrogens is 2. The van der Waals surface area contributed by atoms with Crippen LogP contribution in [0.3, 0.4) is 0 Å². The van der Waals surface area contributed by atoms with Crippen molar-refractivity contribution in [1.82, 2.24) is 10.1 Å². The van der Waals surface area contributed by atoms with Crippen molar-refractivity contribution in [3.63, 3.8) is 0 Å². The Bertz CT molecular complexity index is 537. The molecule has 0 saturated heterocycles. The van der Waals surface area contributed by atoms with E-state index in [9.17, 15) is 0 Å². The van der Waals surface area contributed by atoms with Gasteiger partial charge < -0.3 is 9.63 Å². The van der Waals surface area contributed by atoms with Gasteiger partial charge in [-0.15, -0.1) is 11.8 Å². The van der Waals surface area contributed by atoms with Gasteiger partial charge in [0, 0.05) is 10.8 Å². The molecule has 1 N–H and O–H groups in total. The third-order valence-corrected chi connectivity index (χ3v) is 3.85. The number of benzene rings is 1. The number of rotatable bonds is 5. The molecule has 5 heteroatoms. The molecule has 1 aliphatic carbocycles. The SMILES string of the molecule is OCc1cccc(SCc2noc(C3CC3)n2)c1. The lowest BCUT2D eigenvalue weighted by molar-refractivity contribution is 0.281. The molecule has 2 aromatic rings. The number of hydrogen-bond donors (Lipinski definition) is 1. The van der Waals surface area contributed by atoms with Crippen molar-refractivity contribution in [1.29, 1.82) is 0 Å². The molecule has 18 heavy (non-hydrogen) atoms. The molecular formula is C13H14N2O2S. The molecule has 0 aliphatic heterocycles. The van der Waals surface area contributed by atoms with Crippen molar-refractivity contribution >= 4 is 11.8 Å². The molecule has 0 radical (unpaired) electrons. The van der Waals surface area contributed by atoms with E-state index >= 15 is 0 Å². The molecule has 0 atom stereocenters. The van der Waals surface area contributed by atoms with E-state index < -0.39 is 0 Å². The summed E-state index contributed by atoms with van der Waals surface area (Å²) in [5.74, 6) is 2.74. The van der Waals surface area contributed by atoms with Crippen LogP contribution in [0.15, 0.2) is 33.7 Å². The lowest BCUT2D eigenvalue weighted by atomic mass is 10.2. The number of aliphatic hydroxyl groups is 1. The van der Waals surface area contributed by atoms with Gasteiger partial charge in [0.1, 0.15) is 0 Å². The molecule has 1 fully saturated rings. The smallest absolute Gasteiger partial charge is 0.229 e. The van der Waals surface area contributed by atoms with Gasteiger partial charge >= 0.3 is 0 Å². The first-order chi connectivity index (χ1) is 8.85. The predicted molar refractivity (Wildman–Crippen MR) is 68.2 cm³/mol. The van der Waals surface area contributed by atoms with E-state index in [2.05, 4.69) is 10.1 Å². The van der Waals surface area contributed by atoms with Crippen molar-refractivity contribution in [3.05, 3.63) is 41.5 Å². The van der Waals surface area contributed by atoms with Gasteiger partial charge in [0.25, 0.3) is 0 Å². The number of thioether (sulfide) groups is 1. The van der Waals surface area contributed by atoms with Crippen LogP contribution in [0.2, 0.25) is 0 Å². The van der Waals surface area contributed by atoms with Crippen LogP contribution in [0.25, 0.3) is 0 Å². The van der Waals surface area contributed by atoms with Crippen LogP contribution in [-0.4, -0.2) is 15.2 Å². The summed E-state index contributed by atoms with van der Waals surface area (Å²) in [6.45, 7) is 0.0719. The molecule has 1 aromatic heterocycles. The summed E-state index contributed by atoms with van der Waals surface area (Å²) >= 11 is 1.65. The van der Waals surface area contributed by atoms with Crippen molar-refractivity contribution in [2.24, 2.45) is 0 Å². The molecule has 3 rings (SSSR count). The maximum atomic E-state index is 9.07. The third-order valence-electron chi connectivity index (χ3n) is 2.86. The predicted octanol–water partition coefficient (Wildman–Crippen LogP) is 2.73. The van der Waals surface area contributed by atoms with E-state index in [1.165, 1.54) is 12.8 Å². The highest BCUT2D eigenvalue weighted by Crippen LogP contribution is 2.39. The average Bonchev–Trinajstić information content (AvgIpc) is 3.16. The van der Waals surface area contributed by atoms with Crippen LogP contribution in [0, 0.1) is 0 Å². The Morgan fingerprint density at radius 2 is 2.28 bits per heavy atom. The molecule has 0 spiro atoms. The Morgan fingerprint density at radius 3 is 3.06 bits per heavy atom. The zero-order chi connectivity index (χ0) is 12.4. The molecule has 0 bridgehead atoms. The maximum absolute atomic E-state index is 9.07. The topological polar surface area (TPSA) is 59.2 Å². The lowest BCUT2D eigenvalue weighted by Crippen LogP contribution is -1.86. The fraction of sp³-hybridized carbons (Fsp3) is 0.385. The molecule has 94 valence electrons. The van der Waals surface area contributed by atoms with Gasteiger partial charge in [-0.1, -0.05) is 17.3 Å². The second kappa shape index (κ2) is 5.12. The minimum Gasteiger partial charge on any atom is -0.392 e. The summed E-state index contributed by atoms with van der Waals surface area (Å²) in [6.07, 6.45) is 2.35. The Hall–Kier alpha value is -1.33. The quantitative estimate of drug-likeness (QED) is 0.840. The summed E-state index contributed by atoms with van der Waals surface area (Å²) in [6, 6.07) is 7.85. The molecule has 1 aromatic carbocycles. The Balaban J connectivity index is 1.61. The Kier molecular flexibility index (Phi) is 3.34. The van der Waals surface area contributed by atoms with E-state index in [0.29, 0.717) is 11.7 Å². The van der Waals surface area contributed by atoms with Gasteiger partial charge in [0.05, 0.1) is 12.4 Å². The molecule has 1 saturated carbocycles. The molecule has 1 heterocycles. The van der Waals surface area contributed by atoms with Crippen LogP contribution < -0.4 is 0 Å². The zero-order valence-electron chi connectivity index (χ0n) is 9.87. The normalized spacial score (nSPS) is 14.9. The second-order valence-corrected chi connectivity index (χ2v) is 5.47. The van der Waals surface area contributed by atoms with E-state index in [-0.39, 0.29) is 6.61 Å². The zero-order valence-corrected chi connectivity index (χ0v) is 10.7. The standard InChI is InChI=1S/C13H14N2O2S/c16-7-9-2-1-3-11(6-9)18-8-12-14-13(17-15-12)10-4-5-10/h1-3,6,10,16H,4-5,7-8H2. The van der Waals surface area contributed by atoms with Crippen LogP contribution >= 0.6 is 11.8 Å². The number of aliphatic hydroxyl groups excluding tert-OH is 1. The summed E-state index contributed by atoms with van der Waals surface area (Å²) in [5.41, 5.74) is 0.923. The van der Waals surface area contributed by atoms with Gasteiger partial charge in [-0.05, 0) is 30.5 Å². The molecular weight excluding hydrogens is 248 g/mol. The Labute approximate surface area is 109 Å². The first-order valence-electron chi connectivity index (χ1n) is 6.00. The molecule has 1 aliphatic rings. The summed E-state index contributed by atoms with van der Waals surface area (Å²) < 4.78 is 5.21. The number of nitrogens with zero attached hydrogens (tertiary/aromatic N) is 2. The van der Waals surface area contributed by atoms with E-state index in [0.717, 1.165) is 22.2 Å². The molecule has 0 amide bonds. The van der Waals surface area contributed by atoms with E-state index in [4.69, 9.17) is 9.63 Å². The highest BCUT2D eigenvalue weighted by atomic mass is 32.2. The minimum atomic E-state index is 0.0719. The molecule has 4 nitrogen and oxygen atoms in total. The van der Waals surface area contributed by atoms with Gasteiger partial charge in [-0.25, -0.2) is 0 Å². The van der Waals surface area contributed by atoms with Crippen LogP contribution in [0.4, 0.5) is 0 Å². The second-order valence-electron chi connectivity index (χ2n) is 4.42. The van der Waals surface area contributed by atoms with Gasteiger partial charge in [0.15, 0.2) is 5.82 Å². The summed E-state index contributed by atoms with van der Waals surface area (Å²) in [5, 5.41) is 13.0. The maximum Gasteiger partial charge on any atom is 0.229 e. The largest absolute Gasteiger partial charge is 0.392 e. The van der Waals surface area contributed by atoms with Crippen LogP contribution in [0.5, 0.6) is 0 Å². The number of hydrogen-bond acceptors (Lipinski definition) is 5. The fourth-order valence-corrected chi connectivity index (χ4v) is 2.53. The van der Waals surface area contributed by atoms with E-state index in [1.807, 2.05) is 24.3 Å². The van der Waals surface area contributed by atoms with Crippen molar-refractivity contribution < 1.29 is 9.63 Å². The fourth-order valence-electron chi connectivity index (χ4n) is 1.70. The summed E-state index contributed by atoms with van der Waals surface area (Å²) in [4.78, 5) is 5.49. The van der Waals surface area contributed by atoms with Crippen molar-refractivity contribution in [2.75, 3.05) is 0 Å². The average molecular weight is 262 g/mol. The van der Waals surface area contributed by atoms with Gasteiger partial charge in [-0.3, -0.25) is 0 Å². The van der Waals surface area contributed by atoms with Gasteiger partial charge in [-0.2, -0.15) is 4.98 Å².